The molecule has 14 heavy (non-hydrogen) atoms. The van der Waals surface area contributed by atoms with Gasteiger partial charge in [0.1, 0.15) is 0 Å². The summed E-state index contributed by atoms with van der Waals surface area (Å²) in [5, 5.41) is 7.00. The van der Waals surface area contributed by atoms with E-state index in [0.29, 0.717) is 6.04 Å². The minimum Gasteiger partial charge on any atom is -0.382 e. The SMILES string of the molecule is COC[C@@H]1CCCN1N=C1CCCC1. The molecule has 0 aromatic heterocycles. The molecule has 0 aromatic carbocycles. The zero-order valence-corrected chi connectivity index (χ0v) is 9.04. The average Bonchev–Trinajstić information content (AvgIpc) is 2.80. The third kappa shape index (κ3) is 2.27. The highest BCUT2D eigenvalue weighted by molar-refractivity contribution is 5.85. The molecule has 0 bridgehead atoms. The minimum atomic E-state index is 0.535. The molecule has 80 valence electrons. The lowest BCUT2D eigenvalue weighted by Crippen LogP contribution is -2.29. The minimum absolute atomic E-state index is 0.535. The van der Waals surface area contributed by atoms with Crippen molar-refractivity contribution in [2.24, 2.45) is 5.10 Å². The summed E-state index contributed by atoms with van der Waals surface area (Å²) in [6.07, 6.45) is 7.62. The molecule has 1 saturated heterocycles. The second-order valence-electron chi connectivity index (χ2n) is 4.29. The van der Waals surface area contributed by atoms with Gasteiger partial charge in [0.15, 0.2) is 0 Å². The van der Waals surface area contributed by atoms with Crippen LogP contribution in [-0.2, 0) is 4.74 Å². The van der Waals surface area contributed by atoms with Gasteiger partial charge in [0.25, 0.3) is 0 Å². The van der Waals surface area contributed by atoms with Crippen molar-refractivity contribution in [1.29, 1.82) is 0 Å². The summed E-state index contributed by atoms with van der Waals surface area (Å²) in [4.78, 5) is 0. The maximum absolute atomic E-state index is 5.21. The van der Waals surface area contributed by atoms with Crippen LogP contribution in [0.15, 0.2) is 5.10 Å². The summed E-state index contributed by atoms with van der Waals surface area (Å²) in [7, 11) is 1.78. The molecule has 2 aliphatic rings. The Morgan fingerprint density at radius 1 is 1.36 bits per heavy atom. The van der Waals surface area contributed by atoms with Crippen LogP contribution in [0.1, 0.15) is 38.5 Å². The Morgan fingerprint density at radius 2 is 2.14 bits per heavy atom. The molecule has 3 nitrogen and oxygen atoms in total. The van der Waals surface area contributed by atoms with Crippen LogP contribution in [0.2, 0.25) is 0 Å². The molecule has 0 unspecified atom stereocenters. The number of methoxy groups -OCH3 is 1. The Bertz CT molecular complexity index is 207. The predicted octanol–water partition coefficient (Wildman–Crippen LogP) is 2.03. The third-order valence-electron chi connectivity index (χ3n) is 3.16. The number of rotatable bonds is 3. The first-order chi connectivity index (χ1) is 6.90. The Balaban J connectivity index is 1.91. The molecule has 1 saturated carbocycles. The van der Waals surface area contributed by atoms with E-state index >= 15 is 0 Å². The van der Waals surface area contributed by atoms with Crippen LogP contribution in [0.5, 0.6) is 0 Å². The monoisotopic (exact) mass is 196 g/mol. The van der Waals surface area contributed by atoms with Gasteiger partial charge in [-0.3, -0.25) is 5.01 Å². The second kappa shape index (κ2) is 4.78. The van der Waals surface area contributed by atoms with Crippen LogP contribution in [0.4, 0.5) is 0 Å². The molecule has 0 N–H and O–H groups in total. The van der Waals surface area contributed by atoms with Gasteiger partial charge < -0.3 is 4.74 Å². The fourth-order valence-corrected chi connectivity index (χ4v) is 2.38. The number of hydrogen-bond donors (Lipinski definition) is 0. The normalized spacial score (nSPS) is 27.4. The van der Waals surface area contributed by atoms with E-state index in [1.807, 2.05) is 0 Å². The number of hydrazone groups is 1. The summed E-state index contributed by atoms with van der Waals surface area (Å²) in [5.41, 5.74) is 1.41. The van der Waals surface area contributed by atoms with Gasteiger partial charge in [-0.1, -0.05) is 0 Å². The molecule has 1 heterocycles. The van der Waals surface area contributed by atoms with E-state index in [-0.39, 0.29) is 0 Å². The molecule has 2 fully saturated rings. The molecule has 2 rings (SSSR count). The first kappa shape index (κ1) is 9.97. The van der Waals surface area contributed by atoms with E-state index in [1.54, 1.807) is 7.11 Å². The van der Waals surface area contributed by atoms with Crippen molar-refractivity contribution in [3.8, 4) is 0 Å². The molecular formula is C11H20N2O. The molecule has 1 aliphatic heterocycles. The van der Waals surface area contributed by atoms with Crippen molar-refractivity contribution < 1.29 is 4.74 Å². The molecule has 3 heteroatoms. The Labute approximate surface area is 86.1 Å². The zero-order chi connectivity index (χ0) is 9.80. The van der Waals surface area contributed by atoms with Gasteiger partial charge in [-0.05, 0) is 38.5 Å². The summed E-state index contributed by atoms with van der Waals surface area (Å²) < 4.78 is 5.21. The van der Waals surface area contributed by atoms with Crippen molar-refractivity contribution >= 4 is 5.71 Å². The highest BCUT2D eigenvalue weighted by Gasteiger charge is 2.23. The van der Waals surface area contributed by atoms with E-state index in [4.69, 9.17) is 9.84 Å². The first-order valence-electron chi connectivity index (χ1n) is 5.72. The van der Waals surface area contributed by atoms with E-state index in [2.05, 4.69) is 5.01 Å². The van der Waals surface area contributed by atoms with Gasteiger partial charge in [-0.15, -0.1) is 0 Å². The highest BCUT2D eigenvalue weighted by atomic mass is 16.5. The van der Waals surface area contributed by atoms with E-state index < -0.39 is 0 Å². The van der Waals surface area contributed by atoms with Crippen LogP contribution < -0.4 is 0 Å². The summed E-state index contributed by atoms with van der Waals surface area (Å²) in [6.45, 7) is 1.95. The van der Waals surface area contributed by atoms with Gasteiger partial charge in [-0.2, -0.15) is 5.10 Å². The standard InChI is InChI=1S/C11H20N2O/c1-14-9-11-7-4-8-13(11)12-10-5-2-3-6-10/h11H,2-9H2,1H3/t11-/m0/s1. The maximum atomic E-state index is 5.21. The van der Waals surface area contributed by atoms with E-state index in [1.165, 1.54) is 44.2 Å². The smallest absolute Gasteiger partial charge is 0.0704 e. The molecule has 1 atom stereocenters. The topological polar surface area (TPSA) is 24.8 Å². The lowest BCUT2D eigenvalue weighted by Gasteiger charge is -2.21. The Morgan fingerprint density at radius 3 is 2.86 bits per heavy atom. The van der Waals surface area contributed by atoms with Gasteiger partial charge in [0, 0.05) is 19.4 Å². The fraction of sp³-hybridized carbons (Fsp3) is 0.909. The van der Waals surface area contributed by atoms with Crippen LogP contribution in [0, 0.1) is 0 Å². The van der Waals surface area contributed by atoms with Crippen LogP contribution in [-0.4, -0.2) is 37.0 Å². The molecule has 0 aromatic rings. The highest BCUT2D eigenvalue weighted by Crippen LogP contribution is 2.21. The van der Waals surface area contributed by atoms with Gasteiger partial charge in [0.2, 0.25) is 0 Å². The van der Waals surface area contributed by atoms with Gasteiger partial charge in [-0.25, -0.2) is 0 Å². The lowest BCUT2D eigenvalue weighted by molar-refractivity contribution is 0.117. The van der Waals surface area contributed by atoms with Crippen molar-refractivity contribution in [3.05, 3.63) is 0 Å². The quantitative estimate of drug-likeness (QED) is 0.690. The average molecular weight is 196 g/mol. The van der Waals surface area contributed by atoms with E-state index in [9.17, 15) is 0 Å². The van der Waals surface area contributed by atoms with E-state index in [0.717, 1.165) is 13.2 Å². The number of nitrogens with zero attached hydrogens (tertiary/aromatic N) is 2. The maximum Gasteiger partial charge on any atom is 0.0704 e. The molecular weight excluding hydrogens is 176 g/mol. The molecule has 0 spiro atoms. The molecule has 0 amide bonds. The Hall–Kier alpha value is -0.570. The summed E-state index contributed by atoms with van der Waals surface area (Å²) in [6, 6.07) is 0.535. The Kier molecular flexibility index (Phi) is 3.40. The number of ether oxygens (including phenoxy) is 1. The predicted molar refractivity (Wildman–Crippen MR) is 57.5 cm³/mol. The molecule has 1 aliphatic carbocycles. The zero-order valence-electron chi connectivity index (χ0n) is 9.04. The second-order valence-corrected chi connectivity index (χ2v) is 4.29. The van der Waals surface area contributed by atoms with Gasteiger partial charge in [0.05, 0.1) is 12.6 Å². The summed E-state index contributed by atoms with van der Waals surface area (Å²) >= 11 is 0. The van der Waals surface area contributed by atoms with Crippen molar-refractivity contribution in [2.75, 3.05) is 20.3 Å². The van der Waals surface area contributed by atoms with Crippen LogP contribution in [0.25, 0.3) is 0 Å². The van der Waals surface area contributed by atoms with Crippen molar-refractivity contribution in [2.45, 2.75) is 44.6 Å². The fourth-order valence-electron chi connectivity index (χ4n) is 2.38. The van der Waals surface area contributed by atoms with Gasteiger partial charge >= 0.3 is 0 Å². The molecule has 0 radical (unpaired) electrons. The largest absolute Gasteiger partial charge is 0.382 e. The van der Waals surface area contributed by atoms with Crippen LogP contribution in [0.3, 0.4) is 0 Å². The van der Waals surface area contributed by atoms with Crippen molar-refractivity contribution in [3.63, 3.8) is 0 Å². The summed E-state index contributed by atoms with van der Waals surface area (Å²) in [5.74, 6) is 0. The lowest BCUT2D eigenvalue weighted by atomic mass is 10.2. The third-order valence-corrected chi connectivity index (χ3v) is 3.16. The number of hydrogen-bond acceptors (Lipinski definition) is 3. The van der Waals surface area contributed by atoms with Crippen molar-refractivity contribution in [1.82, 2.24) is 5.01 Å². The first-order valence-corrected chi connectivity index (χ1v) is 5.72. The van der Waals surface area contributed by atoms with Crippen LogP contribution >= 0.6 is 0 Å².